The number of halogens is 1. The van der Waals surface area contributed by atoms with Crippen molar-refractivity contribution in [3.05, 3.63) is 28.2 Å². The van der Waals surface area contributed by atoms with E-state index < -0.39 is 11.9 Å². The minimum absolute atomic E-state index is 0.0156. The molecule has 0 heterocycles. The van der Waals surface area contributed by atoms with Gasteiger partial charge in [0.25, 0.3) is 5.91 Å². The minimum atomic E-state index is -0.820. The average Bonchev–Trinajstić information content (AvgIpc) is 2.34. The number of carboxylic acid groups (broad SMARTS) is 1. The van der Waals surface area contributed by atoms with E-state index in [2.05, 4.69) is 21.2 Å². The van der Waals surface area contributed by atoms with Crippen LogP contribution in [0.1, 0.15) is 30.1 Å². The third kappa shape index (κ3) is 4.90. The molecule has 0 saturated heterocycles. The summed E-state index contributed by atoms with van der Waals surface area (Å²) in [5.41, 5.74) is 6.32. The van der Waals surface area contributed by atoms with E-state index in [0.717, 1.165) is 10.9 Å². The highest BCUT2D eigenvalue weighted by atomic mass is 79.9. The molecule has 0 aliphatic rings. The molecule has 6 heteroatoms. The molecule has 0 aliphatic heterocycles. The van der Waals surface area contributed by atoms with Crippen LogP contribution >= 0.6 is 15.9 Å². The minimum Gasteiger partial charge on any atom is -0.481 e. The third-order valence-electron chi connectivity index (χ3n) is 2.87. The van der Waals surface area contributed by atoms with Gasteiger partial charge in [0.05, 0.1) is 5.56 Å². The summed E-state index contributed by atoms with van der Waals surface area (Å²) in [6.07, 6.45) is 0.855. The number of carbonyl (C=O) groups excluding carboxylic acids is 1. The topological polar surface area (TPSA) is 92.4 Å². The van der Waals surface area contributed by atoms with Crippen LogP contribution in [0.2, 0.25) is 0 Å². The number of hydrogen-bond acceptors (Lipinski definition) is 3. The number of primary amides is 1. The summed E-state index contributed by atoms with van der Waals surface area (Å²) in [5.74, 6) is -1.32. The van der Waals surface area contributed by atoms with E-state index in [1.54, 1.807) is 18.2 Å². The standard InChI is InChI=1S/C13H17BrN2O3/c1-2-8(5-12(17)18)7-16-11-4-3-9(14)6-10(11)13(15)19/h3-4,6,8,16H,2,5,7H2,1H3,(H2,15,19)(H,17,18). The van der Waals surface area contributed by atoms with Crippen LogP contribution in [0, 0.1) is 5.92 Å². The molecule has 1 aromatic carbocycles. The van der Waals surface area contributed by atoms with E-state index in [1.165, 1.54) is 0 Å². The van der Waals surface area contributed by atoms with Crippen LogP contribution in [0.3, 0.4) is 0 Å². The predicted octanol–water partition coefficient (Wildman–Crippen LogP) is 2.46. The molecule has 0 aliphatic carbocycles. The quantitative estimate of drug-likeness (QED) is 0.716. The van der Waals surface area contributed by atoms with Gasteiger partial charge in [0.15, 0.2) is 0 Å². The summed E-state index contributed by atoms with van der Waals surface area (Å²) in [4.78, 5) is 22.0. The van der Waals surface area contributed by atoms with Crippen molar-refractivity contribution in [2.24, 2.45) is 11.7 Å². The number of amides is 1. The van der Waals surface area contributed by atoms with Gasteiger partial charge in [-0.2, -0.15) is 0 Å². The first-order valence-electron chi connectivity index (χ1n) is 5.99. The lowest BCUT2D eigenvalue weighted by atomic mass is 10.0. The first-order chi connectivity index (χ1) is 8.93. The zero-order chi connectivity index (χ0) is 14.4. The van der Waals surface area contributed by atoms with Gasteiger partial charge in [-0.15, -0.1) is 0 Å². The number of anilines is 1. The molecule has 1 atom stereocenters. The van der Waals surface area contributed by atoms with E-state index in [9.17, 15) is 9.59 Å². The molecule has 0 radical (unpaired) electrons. The summed E-state index contributed by atoms with van der Waals surface area (Å²) in [5, 5.41) is 11.9. The number of benzene rings is 1. The van der Waals surface area contributed by atoms with Gasteiger partial charge in [0, 0.05) is 23.1 Å². The SMILES string of the molecule is CCC(CNc1ccc(Br)cc1C(N)=O)CC(=O)O. The first kappa shape index (κ1) is 15.5. The van der Waals surface area contributed by atoms with Gasteiger partial charge in [0.1, 0.15) is 0 Å². The molecular weight excluding hydrogens is 312 g/mol. The average molecular weight is 329 g/mol. The fourth-order valence-electron chi connectivity index (χ4n) is 1.74. The second-order valence-corrected chi connectivity index (χ2v) is 5.22. The number of nitrogens with one attached hydrogen (secondary N) is 1. The molecule has 1 amide bonds. The summed E-state index contributed by atoms with van der Waals surface area (Å²) in [6, 6.07) is 5.19. The van der Waals surface area contributed by atoms with Crippen LogP contribution in [0.4, 0.5) is 5.69 Å². The smallest absolute Gasteiger partial charge is 0.303 e. The molecule has 19 heavy (non-hydrogen) atoms. The molecule has 1 unspecified atom stereocenters. The van der Waals surface area contributed by atoms with E-state index in [1.807, 2.05) is 6.92 Å². The molecule has 0 aromatic heterocycles. The molecule has 0 fully saturated rings. The van der Waals surface area contributed by atoms with Crippen molar-refractivity contribution in [2.75, 3.05) is 11.9 Å². The molecule has 1 aromatic rings. The molecular formula is C13H17BrN2O3. The Morgan fingerprint density at radius 3 is 2.68 bits per heavy atom. The highest BCUT2D eigenvalue weighted by Gasteiger charge is 2.13. The van der Waals surface area contributed by atoms with Gasteiger partial charge < -0.3 is 16.2 Å². The zero-order valence-electron chi connectivity index (χ0n) is 10.6. The van der Waals surface area contributed by atoms with Crippen molar-refractivity contribution < 1.29 is 14.7 Å². The maximum absolute atomic E-state index is 11.3. The predicted molar refractivity (Wildman–Crippen MR) is 77.2 cm³/mol. The molecule has 5 nitrogen and oxygen atoms in total. The number of rotatable bonds is 7. The van der Waals surface area contributed by atoms with Crippen LogP contribution in [-0.2, 0) is 4.79 Å². The monoisotopic (exact) mass is 328 g/mol. The van der Waals surface area contributed by atoms with Crippen molar-refractivity contribution in [1.29, 1.82) is 0 Å². The Bertz CT molecular complexity index is 477. The number of carboxylic acids is 1. The maximum atomic E-state index is 11.3. The van der Waals surface area contributed by atoms with Gasteiger partial charge in [-0.25, -0.2) is 0 Å². The lowest BCUT2D eigenvalue weighted by molar-refractivity contribution is -0.138. The second kappa shape index (κ2) is 7.13. The fourth-order valence-corrected chi connectivity index (χ4v) is 2.10. The van der Waals surface area contributed by atoms with Crippen molar-refractivity contribution in [3.8, 4) is 0 Å². The maximum Gasteiger partial charge on any atom is 0.303 e. The molecule has 0 spiro atoms. The van der Waals surface area contributed by atoms with Crippen molar-refractivity contribution in [3.63, 3.8) is 0 Å². The summed E-state index contributed by atoms with van der Waals surface area (Å²) in [7, 11) is 0. The highest BCUT2D eigenvalue weighted by molar-refractivity contribution is 9.10. The van der Waals surface area contributed by atoms with Crippen LogP contribution in [0.5, 0.6) is 0 Å². The van der Waals surface area contributed by atoms with Gasteiger partial charge in [0.2, 0.25) is 0 Å². The Morgan fingerprint density at radius 2 is 2.16 bits per heavy atom. The number of carbonyl (C=O) groups is 2. The third-order valence-corrected chi connectivity index (χ3v) is 3.36. The van der Waals surface area contributed by atoms with Gasteiger partial charge >= 0.3 is 5.97 Å². The zero-order valence-corrected chi connectivity index (χ0v) is 12.2. The number of nitrogens with two attached hydrogens (primary N) is 1. The normalized spacial score (nSPS) is 11.9. The summed E-state index contributed by atoms with van der Waals surface area (Å²) in [6.45, 7) is 2.43. The highest BCUT2D eigenvalue weighted by Crippen LogP contribution is 2.21. The van der Waals surface area contributed by atoms with E-state index in [0.29, 0.717) is 17.8 Å². The molecule has 0 bridgehead atoms. The van der Waals surface area contributed by atoms with Gasteiger partial charge in [-0.05, 0) is 24.1 Å². The van der Waals surface area contributed by atoms with Crippen LogP contribution in [-0.4, -0.2) is 23.5 Å². The number of aliphatic carboxylic acids is 1. The van der Waals surface area contributed by atoms with E-state index >= 15 is 0 Å². The number of hydrogen-bond donors (Lipinski definition) is 3. The summed E-state index contributed by atoms with van der Waals surface area (Å²) < 4.78 is 0.768. The molecule has 104 valence electrons. The Kier molecular flexibility index (Phi) is 5.82. The lowest BCUT2D eigenvalue weighted by Gasteiger charge is -2.16. The molecule has 1 rings (SSSR count). The fraction of sp³-hybridized carbons (Fsp3) is 0.385. The van der Waals surface area contributed by atoms with Crippen molar-refractivity contribution in [1.82, 2.24) is 0 Å². The first-order valence-corrected chi connectivity index (χ1v) is 6.78. The Morgan fingerprint density at radius 1 is 1.47 bits per heavy atom. The molecule has 0 saturated carbocycles. The van der Waals surface area contributed by atoms with Crippen LogP contribution in [0.25, 0.3) is 0 Å². The van der Waals surface area contributed by atoms with E-state index in [-0.39, 0.29) is 12.3 Å². The largest absolute Gasteiger partial charge is 0.481 e. The van der Waals surface area contributed by atoms with Crippen LogP contribution < -0.4 is 11.1 Å². The molecule has 4 N–H and O–H groups in total. The van der Waals surface area contributed by atoms with Gasteiger partial charge in [-0.1, -0.05) is 29.3 Å². The van der Waals surface area contributed by atoms with Gasteiger partial charge in [-0.3, -0.25) is 9.59 Å². The Labute approximate surface area is 120 Å². The Hall–Kier alpha value is -1.56. The lowest BCUT2D eigenvalue weighted by Crippen LogP contribution is -2.20. The Balaban J connectivity index is 2.76. The second-order valence-electron chi connectivity index (χ2n) is 4.31. The van der Waals surface area contributed by atoms with Crippen LogP contribution in [0.15, 0.2) is 22.7 Å². The van der Waals surface area contributed by atoms with E-state index in [4.69, 9.17) is 10.8 Å². The summed E-state index contributed by atoms with van der Waals surface area (Å²) >= 11 is 3.28. The van der Waals surface area contributed by atoms with Crippen molar-refractivity contribution >= 4 is 33.5 Å². The van der Waals surface area contributed by atoms with Crippen molar-refractivity contribution in [2.45, 2.75) is 19.8 Å².